The number of thiophene rings is 1. The van der Waals surface area contributed by atoms with Gasteiger partial charge in [-0.3, -0.25) is 0 Å². The van der Waals surface area contributed by atoms with Gasteiger partial charge >= 0.3 is 0 Å². The summed E-state index contributed by atoms with van der Waals surface area (Å²) in [6, 6.07) is 2.70. The van der Waals surface area contributed by atoms with Gasteiger partial charge in [0.2, 0.25) is 0 Å². The molecule has 0 aliphatic carbocycles. The van der Waals surface area contributed by atoms with Gasteiger partial charge in [-0.15, -0.1) is 11.3 Å². The fraction of sp³-hybridized carbons (Fsp3) is 0.562. The van der Waals surface area contributed by atoms with Crippen molar-refractivity contribution < 1.29 is 0 Å². The third kappa shape index (κ3) is 2.54. The zero-order valence-electron chi connectivity index (χ0n) is 12.5. The third-order valence-electron chi connectivity index (χ3n) is 4.36. The van der Waals surface area contributed by atoms with Crippen LogP contribution in [0.5, 0.6) is 0 Å². The van der Waals surface area contributed by atoms with Gasteiger partial charge in [-0.2, -0.15) is 0 Å². The molecule has 4 heteroatoms. The van der Waals surface area contributed by atoms with E-state index in [0.717, 1.165) is 13.1 Å². The van der Waals surface area contributed by atoms with Crippen LogP contribution in [0.25, 0.3) is 0 Å². The number of rotatable bonds is 3. The van der Waals surface area contributed by atoms with Crippen LogP contribution >= 0.6 is 11.3 Å². The van der Waals surface area contributed by atoms with Gasteiger partial charge in [0.25, 0.3) is 0 Å². The Balaban J connectivity index is 1.90. The van der Waals surface area contributed by atoms with Gasteiger partial charge in [0.1, 0.15) is 0 Å². The Labute approximate surface area is 125 Å². The first-order chi connectivity index (χ1) is 9.66. The van der Waals surface area contributed by atoms with E-state index >= 15 is 0 Å². The molecule has 2 atom stereocenters. The van der Waals surface area contributed by atoms with Crippen LogP contribution in [0, 0.1) is 13.8 Å². The SMILES string of the molecule is Cc1cc(C(C)n2cncc2C2CCCNC2)c(C)s1. The predicted molar refractivity (Wildman–Crippen MR) is 84.7 cm³/mol. The van der Waals surface area contributed by atoms with E-state index in [1.54, 1.807) is 0 Å². The maximum Gasteiger partial charge on any atom is 0.0953 e. The van der Waals surface area contributed by atoms with Crippen molar-refractivity contribution in [2.75, 3.05) is 13.1 Å². The molecule has 1 aliphatic rings. The lowest BCUT2D eigenvalue weighted by atomic mass is 9.96. The Hall–Kier alpha value is -1.13. The van der Waals surface area contributed by atoms with E-state index in [-0.39, 0.29) is 0 Å². The van der Waals surface area contributed by atoms with Crippen LogP contribution in [0.4, 0.5) is 0 Å². The summed E-state index contributed by atoms with van der Waals surface area (Å²) >= 11 is 1.89. The Bertz CT molecular complexity index is 578. The number of nitrogens with zero attached hydrogens (tertiary/aromatic N) is 2. The molecule has 0 spiro atoms. The van der Waals surface area contributed by atoms with E-state index in [1.807, 2.05) is 17.7 Å². The summed E-state index contributed by atoms with van der Waals surface area (Å²) in [5.41, 5.74) is 2.82. The average molecular weight is 289 g/mol. The van der Waals surface area contributed by atoms with Crippen molar-refractivity contribution in [1.29, 1.82) is 0 Å². The minimum atomic E-state index is 0.374. The summed E-state index contributed by atoms with van der Waals surface area (Å²) < 4.78 is 2.37. The van der Waals surface area contributed by atoms with Gasteiger partial charge in [0, 0.05) is 34.1 Å². The normalized spacial score (nSPS) is 21.1. The maximum absolute atomic E-state index is 4.42. The van der Waals surface area contributed by atoms with Gasteiger partial charge in [0.05, 0.1) is 12.4 Å². The molecule has 3 rings (SSSR count). The number of piperidine rings is 1. The topological polar surface area (TPSA) is 29.9 Å². The molecule has 2 aromatic heterocycles. The number of aryl methyl sites for hydroxylation is 2. The lowest BCUT2D eigenvalue weighted by molar-refractivity contribution is 0.435. The molecule has 0 radical (unpaired) electrons. The molecule has 1 saturated heterocycles. The number of hydrogen-bond acceptors (Lipinski definition) is 3. The second-order valence-electron chi connectivity index (χ2n) is 5.81. The summed E-state index contributed by atoms with van der Waals surface area (Å²) in [4.78, 5) is 7.24. The third-order valence-corrected chi connectivity index (χ3v) is 5.34. The van der Waals surface area contributed by atoms with Gasteiger partial charge in [-0.25, -0.2) is 4.98 Å². The van der Waals surface area contributed by atoms with Crippen LogP contribution in [-0.2, 0) is 0 Å². The maximum atomic E-state index is 4.42. The fourth-order valence-corrected chi connectivity index (χ4v) is 4.29. The molecule has 0 bridgehead atoms. The highest BCUT2D eigenvalue weighted by Gasteiger charge is 2.22. The quantitative estimate of drug-likeness (QED) is 0.935. The largest absolute Gasteiger partial charge is 0.327 e. The van der Waals surface area contributed by atoms with E-state index in [9.17, 15) is 0 Å². The summed E-state index contributed by atoms with van der Waals surface area (Å²) in [6.07, 6.45) is 6.59. The molecule has 1 N–H and O–H groups in total. The molecule has 20 heavy (non-hydrogen) atoms. The molecular formula is C16H23N3S. The van der Waals surface area contributed by atoms with Crippen LogP contribution in [0.15, 0.2) is 18.6 Å². The zero-order valence-corrected chi connectivity index (χ0v) is 13.3. The minimum absolute atomic E-state index is 0.374. The molecular weight excluding hydrogens is 266 g/mol. The molecule has 1 fully saturated rings. The molecule has 2 unspecified atom stereocenters. The van der Waals surface area contributed by atoms with E-state index in [1.165, 1.54) is 33.9 Å². The Morgan fingerprint density at radius 1 is 1.45 bits per heavy atom. The summed E-state index contributed by atoms with van der Waals surface area (Å²) in [6.45, 7) is 8.94. The first-order valence-electron chi connectivity index (χ1n) is 7.46. The summed E-state index contributed by atoms with van der Waals surface area (Å²) in [5, 5.41) is 3.51. The van der Waals surface area contributed by atoms with Gasteiger partial charge in [-0.1, -0.05) is 0 Å². The standard InChI is InChI=1S/C16H23N3S/c1-11-7-15(13(3)20-11)12(2)19-10-18-9-16(19)14-5-4-6-17-8-14/h7,9-10,12,14,17H,4-6,8H2,1-3H3. The van der Waals surface area contributed by atoms with Crippen molar-refractivity contribution >= 4 is 11.3 Å². The molecule has 1 aliphatic heterocycles. The van der Waals surface area contributed by atoms with Crippen molar-refractivity contribution in [1.82, 2.24) is 14.9 Å². The Kier molecular flexibility index (Phi) is 3.94. The zero-order chi connectivity index (χ0) is 14.1. The highest BCUT2D eigenvalue weighted by molar-refractivity contribution is 7.12. The number of nitrogens with one attached hydrogen (secondary N) is 1. The molecule has 108 valence electrons. The van der Waals surface area contributed by atoms with Crippen molar-refractivity contribution in [3.05, 3.63) is 39.6 Å². The van der Waals surface area contributed by atoms with Crippen LogP contribution in [0.3, 0.4) is 0 Å². The van der Waals surface area contributed by atoms with Crippen molar-refractivity contribution in [2.45, 2.75) is 45.6 Å². The average Bonchev–Trinajstić information content (AvgIpc) is 3.05. The lowest BCUT2D eigenvalue weighted by Crippen LogP contribution is -2.30. The molecule has 0 saturated carbocycles. The van der Waals surface area contributed by atoms with Crippen molar-refractivity contribution in [3.63, 3.8) is 0 Å². The number of aromatic nitrogens is 2. The second-order valence-corrected chi connectivity index (χ2v) is 7.27. The van der Waals surface area contributed by atoms with Crippen LogP contribution in [0.1, 0.15) is 52.7 Å². The van der Waals surface area contributed by atoms with E-state index in [2.05, 4.69) is 47.9 Å². The van der Waals surface area contributed by atoms with Crippen molar-refractivity contribution in [2.24, 2.45) is 0 Å². The monoisotopic (exact) mass is 289 g/mol. The van der Waals surface area contributed by atoms with E-state index in [4.69, 9.17) is 0 Å². The van der Waals surface area contributed by atoms with Crippen LogP contribution in [-0.4, -0.2) is 22.6 Å². The first kappa shape index (κ1) is 13.8. The van der Waals surface area contributed by atoms with Crippen LogP contribution < -0.4 is 5.32 Å². The molecule has 0 aromatic carbocycles. The van der Waals surface area contributed by atoms with Gasteiger partial charge in [-0.05, 0) is 51.8 Å². The number of hydrogen-bond donors (Lipinski definition) is 1. The number of imidazole rings is 1. The second kappa shape index (κ2) is 5.70. The highest BCUT2D eigenvalue weighted by atomic mass is 32.1. The molecule has 3 heterocycles. The van der Waals surface area contributed by atoms with E-state index in [0.29, 0.717) is 12.0 Å². The molecule has 0 amide bonds. The van der Waals surface area contributed by atoms with Crippen molar-refractivity contribution in [3.8, 4) is 0 Å². The van der Waals surface area contributed by atoms with E-state index < -0.39 is 0 Å². The Morgan fingerprint density at radius 3 is 2.95 bits per heavy atom. The minimum Gasteiger partial charge on any atom is -0.327 e. The van der Waals surface area contributed by atoms with Gasteiger partial charge in [0.15, 0.2) is 0 Å². The lowest BCUT2D eigenvalue weighted by Gasteiger charge is -2.26. The summed E-state index contributed by atoms with van der Waals surface area (Å²) in [5.74, 6) is 0.605. The predicted octanol–water partition coefficient (Wildman–Crippen LogP) is 3.64. The first-order valence-corrected chi connectivity index (χ1v) is 8.28. The van der Waals surface area contributed by atoms with Gasteiger partial charge < -0.3 is 9.88 Å². The smallest absolute Gasteiger partial charge is 0.0953 e. The fourth-order valence-electron chi connectivity index (χ4n) is 3.27. The Morgan fingerprint density at radius 2 is 2.30 bits per heavy atom. The van der Waals surface area contributed by atoms with Crippen LogP contribution in [0.2, 0.25) is 0 Å². The summed E-state index contributed by atoms with van der Waals surface area (Å²) in [7, 11) is 0. The molecule has 2 aromatic rings. The highest BCUT2D eigenvalue weighted by Crippen LogP contribution is 2.32. The molecule has 3 nitrogen and oxygen atoms in total.